The fraction of sp³-hybridized carbons (Fsp3) is 0.917. The number of thioether (sulfide) groups is 1. The van der Waals surface area contributed by atoms with Crippen LogP contribution in [0.15, 0.2) is 0 Å². The Balaban J connectivity index is 3.57. The second-order valence-electron chi connectivity index (χ2n) is 4.75. The molecule has 4 heteroatoms. The van der Waals surface area contributed by atoms with Gasteiger partial charge in [0.05, 0.1) is 5.25 Å². The van der Waals surface area contributed by atoms with E-state index in [0.29, 0.717) is 5.92 Å². The number of amides is 1. The average Bonchev–Trinajstić information content (AvgIpc) is 2.16. The summed E-state index contributed by atoms with van der Waals surface area (Å²) in [4.78, 5) is 11.6. The summed E-state index contributed by atoms with van der Waals surface area (Å²) in [5.41, 5.74) is 5.65. The molecule has 0 aromatic heterocycles. The highest BCUT2D eigenvalue weighted by Crippen LogP contribution is 2.12. The zero-order chi connectivity index (χ0) is 12.6. The molecule has 0 bridgehead atoms. The quantitative estimate of drug-likeness (QED) is 0.689. The number of hydrogen-bond acceptors (Lipinski definition) is 3. The molecule has 0 spiro atoms. The highest BCUT2D eigenvalue weighted by Gasteiger charge is 2.12. The molecule has 0 saturated carbocycles. The van der Waals surface area contributed by atoms with Crippen LogP contribution in [0.3, 0.4) is 0 Å². The van der Waals surface area contributed by atoms with Gasteiger partial charge in [-0.2, -0.15) is 0 Å². The lowest BCUT2D eigenvalue weighted by atomic mass is 10.1. The molecular formula is C12H26N2OS. The monoisotopic (exact) mass is 246 g/mol. The van der Waals surface area contributed by atoms with Gasteiger partial charge in [-0.05, 0) is 38.4 Å². The van der Waals surface area contributed by atoms with Crippen LogP contribution in [0.5, 0.6) is 0 Å². The molecule has 0 aliphatic rings. The Bertz CT molecular complexity index is 195. The second kappa shape index (κ2) is 8.88. The van der Waals surface area contributed by atoms with Crippen molar-refractivity contribution in [3.8, 4) is 0 Å². The molecule has 0 heterocycles. The lowest BCUT2D eigenvalue weighted by Crippen LogP contribution is -2.32. The highest BCUT2D eigenvalue weighted by atomic mass is 32.2. The minimum Gasteiger partial charge on any atom is -0.355 e. The van der Waals surface area contributed by atoms with Crippen LogP contribution < -0.4 is 11.1 Å². The fourth-order valence-corrected chi connectivity index (χ4v) is 2.23. The smallest absolute Gasteiger partial charge is 0.232 e. The van der Waals surface area contributed by atoms with Crippen molar-refractivity contribution in [3.05, 3.63) is 0 Å². The number of nitrogens with two attached hydrogens (primary N) is 1. The van der Waals surface area contributed by atoms with Crippen molar-refractivity contribution in [1.29, 1.82) is 0 Å². The van der Waals surface area contributed by atoms with Gasteiger partial charge in [0.1, 0.15) is 0 Å². The first-order valence-electron chi connectivity index (χ1n) is 6.08. The van der Waals surface area contributed by atoms with E-state index in [9.17, 15) is 4.79 Å². The molecule has 0 aliphatic heterocycles. The van der Waals surface area contributed by atoms with Crippen LogP contribution in [-0.2, 0) is 4.79 Å². The van der Waals surface area contributed by atoms with Crippen molar-refractivity contribution >= 4 is 17.7 Å². The van der Waals surface area contributed by atoms with Crippen LogP contribution >= 0.6 is 11.8 Å². The maximum atomic E-state index is 11.6. The van der Waals surface area contributed by atoms with Gasteiger partial charge in [0, 0.05) is 12.6 Å². The normalized spacial score (nSPS) is 14.9. The van der Waals surface area contributed by atoms with Gasteiger partial charge >= 0.3 is 0 Å². The fourth-order valence-electron chi connectivity index (χ4n) is 1.13. The van der Waals surface area contributed by atoms with Crippen molar-refractivity contribution in [2.24, 2.45) is 11.7 Å². The van der Waals surface area contributed by atoms with Gasteiger partial charge in [-0.15, -0.1) is 11.8 Å². The Kier molecular flexibility index (Phi) is 8.76. The number of carbonyl (C=O) groups is 1. The standard InChI is InChI=1S/C12H26N2OS/c1-9(2)5-7-14-12(15)11(4)16-8-6-10(3)13/h9-11H,5-8,13H2,1-4H3,(H,14,15). The van der Waals surface area contributed by atoms with Crippen molar-refractivity contribution in [3.63, 3.8) is 0 Å². The summed E-state index contributed by atoms with van der Waals surface area (Å²) in [6.07, 6.45) is 2.01. The summed E-state index contributed by atoms with van der Waals surface area (Å²) in [5, 5.41) is 2.99. The molecule has 2 unspecified atom stereocenters. The van der Waals surface area contributed by atoms with E-state index in [0.717, 1.165) is 25.1 Å². The molecule has 0 aromatic rings. The summed E-state index contributed by atoms with van der Waals surface area (Å²) >= 11 is 1.68. The van der Waals surface area contributed by atoms with E-state index in [2.05, 4.69) is 19.2 Å². The molecule has 3 nitrogen and oxygen atoms in total. The van der Waals surface area contributed by atoms with E-state index >= 15 is 0 Å². The number of rotatable bonds is 8. The van der Waals surface area contributed by atoms with Gasteiger partial charge in [-0.25, -0.2) is 0 Å². The Labute approximate surface area is 104 Å². The minimum atomic E-state index is 0.0333. The number of nitrogens with one attached hydrogen (secondary N) is 1. The van der Waals surface area contributed by atoms with Crippen LogP contribution in [0.1, 0.15) is 40.5 Å². The van der Waals surface area contributed by atoms with Crippen molar-refractivity contribution in [2.75, 3.05) is 12.3 Å². The van der Waals surface area contributed by atoms with Crippen LogP contribution in [0.25, 0.3) is 0 Å². The molecule has 0 aromatic carbocycles. The summed E-state index contributed by atoms with van der Waals surface area (Å²) in [6, 6.07) is 0.226. The molecule has 3 N–H and O–H groups in total. The molecule has 16 heavy (non-hydrogen) atoms. The molecule has 0 saturated heterocycles. The Morgan fingerprint density at radius 3 is 2.38 bits per heavy atom. The zero-order valence-corrected chi connectivity index (χ0v) is 11.8. The maximum absolute atomic E-state index is 11.6. The molecule has 0 radical (unpaired) electrons. The third-order valence-corrected chi connectivity index (χ3v) is 3.52. The first-order valence-corrected chi connectivity index (χ1v) is 7.13. The minimum absolute atomic E-state index is 0.0333. The van der Waals surface area contributed by atoms with Gasteiger partial charge in [0.2, 0.25) is 5.91 Å². The Morgan fingerprint density at radius 2 is 1.88 bits per heavy atom. The van der Waals surface area contributed by atoms with Crippen molar-refractivity contribution in [1.82, 2.24) is 5.32 Å². The molecular weight excluding hydrogens is 220 g/mol. The van der Waals surface area contributed by atoms with E-state index in [1.165, 1.54) is 0 Å². The van der Waals surface area contributed by atoms with E-state index in [4.69, 9.17) is 5.73 Å². The van der Waals surface area contributed by atoms with Crippen LogP contribution in [0.4, 0.5) is 0 Å². The predicted octanol–water partition coefficient (Wildman–Crippen LogP) is 2.01. The average molecular weight is 246 g/mol. The van der Waals surface area contributed by atoms with Crippen LogP contribution in [0.2, 0.25) is 0 Å². The van der Waals surface area contributed by atoms with Crippen LogP contribution in [0, 0.1) is 5.92 Å². The maximum Gasteiger partial charge on any atom is 0.232 e. The van der Waals surface area contributed by atoms with Gasteiger partial charge in [0.25, 0.3) is 0 Å². The third-order valence-electron chi connectivity index (χ3n) is 2.33. The van der Waals surface area contributed by atoms with E-state index in [1.807, 2.05) is 13.8 Å². The lowest BCUT2D eigenvalue weighted by Gasteiger charge is -2.13. The molecule has 2 atom stereocenters. The lowest BCUT2D eigenvalue weighted by molar-refractivity contribution is -0.120. The molecule has 0 aliphatic carbocycles. The van der Waals surface area contributed by atoms with Crippen LogP contribution in [-0.4, -0.2) is 29.5 Å². The Hall–Kier alpha value is -0.220. The SMILES string of the molecule is CC(C)CCNC(=O)C(C)SCCC(C)N. The first-order chi connectivity index (χ1) is 7.43. The first kappa shape index (κ1) is 15.8. The predicted molar refractivity (Wildman–Crippen MR) is 72.7 cm³/mol. The van der Waals surface area contributed by atoms with Gasteiger partial charge in [-0.1, -0.05) is 13.8 Å². The molecule has 0 fully saturated rings. The summed E-state index contributed by atoms with van der Waals surface area (Å²) < 4.78 is 0. The number of carbonyl (C=O) groups excluding carboxylic acids is 1. The van der Waals surface area contributed by atoms with Gasteiger partial charge in [-0.3, -0.25) is 4.79 Å². The molecule has 96 valence electrons. The summed E-state index contributed by atoms with van der Waals surface area (Å²) in [7, 11) is 0. The summed E-state index contributed by atoms with van der Waals surface area (Å²) in [5.74, 6) is 1.74. The largest absolute Gasteiger partial charge is 0.355 e. The zero-order valence-electron chi connectivity index (χ0n) is 11.0. The van der Waals surface area contributed by atoms with Gasteiger partial charge < -0.3 is 11.1 Å². The molecule has 0 rings (SSSR count). The van der Waals surface area contributed by atoms with E-state index < -0.39 is 0 Å². The van der Waals surface area contributed by atoms with E-state index in [-0.39, 0.29) is 17.2 Å². The molecule has 1 amide bonds. The van der Waals surface area contributed by atoms with Crippen molar-refractivity contribution < 1.29 is 4.79 Å². The van der Waals surface area contributed by atoms with E-state index in [1.54, 1.807) is 11.8 Å². The van der Waals surface area contributed by atoms with Crippen molar-refractivity contribution in [2.45, 2.75) is 51.8 Å². The Morgan fingerprint density at radius 1 is 1.25 bits per heavy atom. The topological polar surface area (TPSA) is 55.1 Å². The third kappa shape index (κ3) is 9.04. The second-order valence-corrected chi connectivity index (χ2v) is 6.20. The number of hydrogen-bond donors (Lipinski definition) is 2. The summed E-state index contributed by atoms with van der Waals surface area (Å²) in [6.45, 7) is 9.05. The highest BCUT2D eigenvalue weighted by molar-refractivity contribution is 8.00. The van der Waals surface area contributed by atoms with Gasteiger partial charge in [0.15, 0.2) is 0 Å².